The summed E-state index contributed by atoms with van der Waals surface area (Å²) in [6.07, 6.45) is 3.35. The molecule has 0 saturated carbocycles. The topological polar surface area (TPSA) is 83.3 Å². The number of hydrogen-bond donors (Lipinski definition) is 2. The second kappa shape index (κ2) is 11.0. The van der Waals surface area contributed by atoms with Crippen LogP contribution in [0.4, 0.5) is 0 Å². The Morgan fingerprint density at radius 1 is 1.04 bits per heavy atom. The zero-order chi connectivity index (χ0) is 17.1. The second-order valence-electron chi connectivity index (χ2n) is 4.15. The molecular formula is C16H20N2O3S2. The highest BCUT2D eigenvalue weighted by molar-refractivity contribution is 7.99. The molecule has 2 aromatic rings. The van der Waals surface area contributed by atoms with Crippen LogP contribution in [0.3, 0.4) is 0 Å². The highest BCUT2D eigenvalue weighted by Gasteiger charge is 2.09. The van der Waals surface area contributed by atoms with Crippen LogP contribution in [0.2, 0.25) is 0 Å². The lowest BCUT2D eigenvalue weighted by Crippen LogP contribution is -1.99. The number of aliphatic hydroxyl groups excluding tert-OH is 1. The summed E-state index contributed by atoms with van der Waals surface area (Å²) in [7, 11) is 0. The van der Waals surface area contributed by atoms with Gasteiger partial charge in [0.1, 0.15) is 10.1 Å². The van der Waals surface area contributed by atoms with E-state index in [-0.39, 0.29) is 12.2 Å². The van der Waals surface area contributed by atoms with E-state index in [2.05, 4.69) is 16.9 Å². The van der Waals surface area contributed by atoms with Gasteiger partial charge in [0, 0.05) is 18.0 Å². The Bertz CT molecular complexity index is 624. The molecule has 0 aliphatic heterocycles. The van der Waals surface area contributed by atoms with Gasteiger partial charge in [0.05, 0.1) is 12.2 Å². The van der Waals surface area contributed by atoms with Crippen molar-refractivity contribution in [3.8, 4) is 0 Å². The summed E-state index contributed by atoms with van der Waals surface area (Å²) in [6, 6.07) is 6.92. The number of carboxylic acids is 1. The lowest BCUT2D eigenvalue weighted by atomic mass is 10.3. The van der Waals surface area contributed by atoms with Gasteiger partial charge in [-0.1, -0.05) is 19.9 Å². The van der Waals surface area contributed by atoms with E-state index in [4.69, 9.17) is 10.2 Å². The molecule has 0 spiro atoms. The van der Waals surface area contributed by atoms with E-state index in [1.54, 1.807) is 36.3 Å². The summed E-state index contributed by atoms with van der Waals surface area (Å²) < 4.78 is 0. The molecule has 0 radical (unpaired) electrons. The molecule has 23 heavy (non-hydrogen) atoms. The van der Waals surface area contributed by atoms with Gasteiger partial charge in [0.2, 0.25) is 0 Å². The molecule has 0 aliphatic carbocycles. The van der Waals surface area contributed by atoms with Crippen LogP contribution in [0.15, 0.2) is 46.7 Å². The fourth-order valence-corrected chi connectivity index (χ4v) is 3.06. The molecule has 0 aromatic carbocycles. The highest BCUT2D eigenvalue weighted by atomic mass is 32.2. The molecule has 7 heteroatoms. The Morgan fingerprint density at radius 2 is 1.61 bits per heavy atom. The molecule has 0 aliphatic rings. The zero-order valence-corrected chi connectivity index (χ0v) is 14.7. The van der Waals surface area contributed by atoms with Gasteiger partial charge in [-0.3, -0.25) is 0 Å². The Kier molecular flexibility index (Phi) is 9.35. The van der Waals surface area contributed by atoms with Crippen LogP contribution in [0, 0.1) is 0 Å². The lowest BCUT2D eigenvalue weighted by Gasteiger charge is -2.02. The van der Waals surface area contributed by atoms with Gasteiger partial charge in [-0.25, -0.2) is 14.8 Å². The van der Waals surface area contributed by atoms with Crippen molar-refractivity contribution in [2.45, 2.75) is 30.5 Å². The number of carbonyl (C=O) groups is 1. The first-order valence-electron chi connectivity index (χ1n) is 7.12. The van der Waals surface area contributed by atoms with Gasteiger partial charge >= 0.3 is 5.97 Å². The van der Waals surface area contributed by atoms with E-state index in [0.717, 1.165) is 22.1 Å². The lowest BCUT2D eigenvalue weighted by molar-refractivity contribution is 0.0692. The SMILES string of the molecule is CCSc1ncccc1C(=O)O.CCSc1ncccc1CO. The first-order chi connectivity index (χ1) is 11.1. The van der Waals surface area contributed by atoms with Crippen LogP contribution in [0.25, 0.3) is 0 Å². The molecule has 2 aromatic heterocycles. The normalized spacial score (nSPS) is 9.87. The van der Waals surface area contributed by atoms with Crippen molar-refractivity contribution in [2.75, 3.05) is 11.5 Å². The molecule has 2 heterocycles. The van der Waals surface area contributed by atoms with Crippen molar-refractivity contribution in [1.82, 2.24) is 9.97 Å². The van der Waals surface area contributed by atoms with Crippen molar-refractivity contribution in [2.24, 2.45) is 0 Å². The number of hydrogen-bond acceptors (Lipinski definition) is 6. The van der Waals surface area contributed by atoms with Gasteiger partial charge in [0.15, 0.2) is 0 Å². The van der Waals surface area contributed by atoms with E-state index < -0.39 is 5.97 Å². The number of rotatable bonds is 6. The van der Waals surface area contributed by atoms with E-state index in [0.29, 0.717) is 5.03 Å². The third kappa shape index (κ3) is 6.60. The third-order valence-electron chi connectivity index (χ3n) is 2.58. The monoisotopic (exact) mass is 352 g/mol. The standard InChI is InChI=1S/C8H9NO2S.C8H11NOS/c1-2-12-7-6(8(10)11)4-3-5-9-7;1-2-11-8-7(6-10)4-3-5-9-8/h3-5H,2H2,1H3,(H,10,11);3-5,10H,2,6H2,1H3. The predicted molar refractivity (Wildman–Crippen MR) is 94.2 cm³/mol. The highest BCUT2D eigenvalue weighted by Crippen LogP contribution is 2.19. The van der Waals surface area contributed by atoms with Crippen molar-refractivity contribution in [3.05, 3.63) is 47.8 Å². The molecule has 0 bridgehead atoms. The number of pyridine rings is 2. The average molecular weight is 352 g/mol. The summed E-state index contributed by atoms with van der Waals surface area (Å²) in [6.45, 7) is 4.11. The van der Waals surface area contributed by atoms with E-state index in [9.17, 15) is 4.79 Å². The first kappa shape index (κ1) is 19.5. The molecule has 5 nitrogen and oxygen atoms in total. The minimum atomic E-state index is -0.918. The summed E-state index contributed by atoms with van der Waals surface area (Å²) in [5, 5.41) is 19.2. The maximum Gasteiger partial charge on any atom is 0.338 e. The molecule has 0 unspecified atom stereocenters. The number of aliphatic hydroxyl groups is 1. The van der Waals surface area contributed by atoms with Gasteiger partial charge < -0.3 is 10.2 Å². The molecule has 0 atom stereocenters. The van der Waals surface area contributed by atoms with Crippen LogP contribution >= 0.6 is 23.5 Å². The Hall–Kier alpha value is -1.57. The van der Waals surface area contributed by atoms with Crippen LogP contribution in [0.1, 0.15) is 29.8 Å². The van der Waals surface area contributed by atoms with Crippen molar-refractivity contribution >= 4 is 29.5 Å². The van der Waals surface area contributed by atoms with Crippen molar-refractivity contribution in [3.63, 3.8) is 0 Å². The van der Waals surface area contributed by atoms with Gasteiger partial charge in [0.25, 0.3) is 0 Å². The minimum Gasteiger partial charge on any atom is -0.478 e. The van der Waals surface area contributed by atoms with Gasteiger partial charge in [-0.15, -0.1) is 23.5 Å². The predicted octanol–water partition coefficient (Wildman–Crippen LogP) is 3.58. The molecule has 0 saturated heterocycles. The maximum absolute atomic E-state index is 10.6. The van der Waals surface area contributed by atoms with Crippen molar-refractivity contribution in [1.29, 1.82) is 0 Å². The Morgan fingerprint density at radius 3 is 2.17 bits per heavy atom. The van der Waals surface area contributed by atoms with Crippen LogP contribution in [-0.2, 0) is 6.61 Å². The van der Waals surface area contributed by atoms with Crippen LogP contribution in [-0.4, -0.2) is 37.7 Å². The molecule has 0 fully saturated rings. The third-order valence-corrected chi connectivity index (χ3v) is 4.40. The second-order valence-corrected chi connectivity index (χ2v) is 6.66. The Labute approximate surface area is 144 Å². The number of thioether (sulfide) groups is 2. The largest absolute Gasteiger partial charge is 0.478 e. The first-order valence-corrected chi connectivity index (χ1v) is 9.09. The van der Waals surface area contributed by atoms with Gasteiger partial charge in [-0.2, -0.15) is 0 Å². The van der Waals surface area contributed by atoms with E-state index >= 15 is 0 Å². The van der Waals surface area contributed by atoms with Crippen LogP contribution in [0.5, 0.6) is 0 Å². The fraction of sp³-hybridized carbons (Fsp3) is 0.312. The summed E-state index contributed by atoms with van der Waals surface area (Å²) in [4.78, 5) is 18.8. The number of carboxylic acid groups (broad SMARTS) is 1. The number of aromatic carboxylic acids is 1. The van der Waals surface area contributed by atoms with Gasteiger partial charge in [-0.05, 0) is 29.7 Å². The summed E-state index contributed by atoms with van der Waals surface area (Å²) in [5.41, 5.74) is 1.20. The number of aromatic nitrogens is 2. The molecule has 2 rings (SSSR count). The number of nitrogens with zero attached hydrogens (tertiary/aromatic N) is 2. The Balaban J connectivity index is 0.000000231. The molecular weight excluding hydrogens is 332 g/mol. The van der Waals surface area contributed by atoms with E-state index in [1.165, 1.54) is 11.8 Å². The summed E-state index contributed by atoms with van der Waals surface area (Å²) >= 11 is 3.09. The zero-order valence-electron chi connectivity index (χ0n) is 13.1. The molecule has 2 N–H and O–H groups in total. The average Bonchev–Trinajstić information content (AvgIpc) is 2.57. The van der Waals surface area contributed by atoms with Crippen LogP contribution < -0.4 is 0 Å². The minimum absolute atomic E-state index is 0.0795. The quantitative estimate of drug-likeness (QED) is 0.769. The molecule has 124 valence electrons. The fourth-order valence-electron chi connectivity index (χ4n) is 1.62. The maximum atomic E-state index is 10.6. The van der Waals surface area contributed by atoms with E-state index in [1.807, 2.05) is 19.1 Å². The smallest absolute Gasteiger partial charge is 0.338 e. The summed E-state index contributed by atoms with van der Waals surface area (Å²) in [5.74, 6) is 0.903. The molecule has 0 amide bonds. The van der Waals surface area contributed by atoms with Crippen molar-refractivity contribution < 1.29 is 15.0 Å².